The lowest BCUT2D eigenvalue weighted by Crippen LogP contribution is -2.47. The van der Waals surface area contributed by atoms with Gasteiger partial charge in [-0.1, -0.05) is 121 Å². The first-order valence-electron chi connectivity index (χ1n) is 18.5. The van der Waals surface area contributed by atoms with Crippen LogP contribution in [0.5, 0.6) is 0 Å². The number of nitrogens with zero attached hydrogens (tertiary/aromatic N) is 4. The molecule has 8 nitrogen and oxygen atoms in total. The van der Waals surface area contributed by atoms with Crippen molar-refractivity contribution in [2.24, 2.45) is 4.99 Å². The number of halogens is 1. The van der Waals surface area contributed by atoms with Crippen LogP contribution in [-0.2, 0) is 14.3 Å². The number of esters is 1. The molecule has 48 heavy (non-hydrogen) atoms. The van der Waals surface area contributed by atoms with Crippen molar-refractivity contribution in [2.75, 3.05) is 38.1 Å². The molecule has 264 valence electrons. The number of amides is 1. The van der Waals surface area contributed by atoms with E-state index < -0.39 is 12.4 Å². The molecule has 1 atom stereocenters. The summed E-state index contributed by atoms with van der Waals surface area (Å²) in [5, 5.41) is 0.524. The number of piperazine rings is 1. The third kappa shape index (κ3) is 11.8. The van der Waals surface area contributed by atoms with Crippen molar-refractivity contribution in [1.82, 2.24) is 9.80 Å². The van der Waals surface area contributed by atoms with Gasteiger partial charge in [0.1, 0.15) is 5.84 Å². The molecule has 0 radical (unpaired) electrons. The normalized spacial score (nSPS) is 15.3. The number of anilines is 2. The van der Waals surface area contributed by atoms with Crippen molar-refractivity contribution < 1.29 is 19.1 Å². The molecule has 2 aromatic carbocycles. The molecule has 1 unspecified atom stereocenters. The Morgan fingerprint density at radius 2 is 1.35 bits per heavy atom. The molecule has 2 heterocycles. The Bertz CT molecular complexity index is 1330. The Morgan fingerprint density at radius 1 is 0.771 bits per heavy atom. The summed E-state index contributed by atoms with van der Waals surface area (Å²) in [5.41, 5.74) is 2.60. The van der Waals surface area contributed by atoms with Crippen LogP contribution < -0.4 is 4.90 Å². The number of para-hydroxylation sites is 1. The topological polar surface area (TPSA) is 74.7 Å². The Kier molecular flexibility index (Phi) is 16.0. The molecular weight excluding hydrogens is 624 g/mol. The van der Waals surface area contributed by atoms with Crippen LogP contribution in [0.25, 0.3) is 0 Å². The second-order valence-electron chi connectivity index (χ2n) is 13.4. The highest BCUT2D eigenvalue weighted by atomic mass is 35.5. The molecule has 0 bridgehead atoms. The standard InChI is InChI=1S/C39H57ClN4O4/c1-4-5-6-7-8-9-10-11-12-13-14-15-16-17-18-23-37(45)47-31(2)48-39(46)44-35-22-20-19-21-33(35)38(43-28-26-42(3)27-29-43)41-34-30-32(40)24-25-36(34)44/h19-22,24-25,30-31H,4-18,23,26-29H2,1-3H3. The minimum absolute atomic E-state index is 0.316. The van der Waals surface area contributed by atoms with Crippen LogP contribution in [-0.4, -0.2) is 67.2 Å². The Labute approximate surface area is 293 Å². The number of benzene rings is 2. The lowest BCUT2D eigenvalue weighted by atomic mass is 10.0. The van der Waals surface area contributed by atoms with Gasteiger partial charge in [0, 0.05) is 50.1 Å². The fourth-order valence-corrected chi connectivity index (χ4v) is 6.66. The molecule has 0 aliphatic carbocycles. The summed E-state index contributed by atoms with van der Waals surface area (Å²) in [5.74, 6) is 0.439. The van der Waals surface area contributed by atoms with Gasteiger partial charge in [-0.3, -0.25) is 4.79 Å². The fourth-order valence-electron chi connectivity index (χ4n) is 6.50. The molecule has 9 heteroatoms. The highest BCUT2D eigenvalue weighted by molar-refractivity contribution is 6.31. The van der Waals surface area contributed by atoms with Gasteiger partial charge in [-0.05, 0) is 43.8 Å². The summed E-state index contributed by atoms with van der Waals surface area (Å²) in [6.07, 6.45) is 17.7. The summed E-state index contributed by atoms with van der Waals surface area (Å²) < 4.78 is 11.2. The number of carbonyl (C=O) groups is 2. The third-order valence-corrected chi connectivity index (χ3v) is 9.56. The van der Waals surface area contributed by atoms with Crippen LogP contribution in [0.2, 0.25) is 5.02 Å². The van der Waals surface area contributed by atoms with E-state index in [1.54, 1.807) is 25.1 Å². The molecule has 2 aliphatic heterocycles. The van der Waals surface area contributed by atoms with Gasteiger partial charge in [-0.25, -0.2) is 14.7 Å². The molecule has 1 fully saturated rings. The second-order valence-corrected chi connectivity index (χ2v) is 13.8. The van der Waals surface area contributed by atoms with Gasteiger partial charge < -0.3 is 19.3 Å². The van der Waals surface area contributed by atoms with Gasteiger partial charge in [0.15, 0.2) is 0 Å². The first-order valence-corrected chi connectivity index (χ1v) is 18.9. The number of likely N-dealkylation sites (N-methyl/N-ethyl adjacent to an activating group) is 1. The average Bonchev–Trinajstić information content (AvgIpc) is 3.21. The maximum absolute atomic E-state index is 13.8. The fraction of sp³-hybridized carbons (Fsp3) is 0.615. The quantitative estimate of drug-likeness (QED) is 0.0886. The monoisotopic (exact) mass is 680 g/mol. The van der Waals surface area contributed by atoms with E-state index in [0.717, 1.165) is 56.8 Å². The van der Waals surface area contributed by atoms with Gasteiger partial charge in [-0.15, -0.1) is 0 Å². The molecule has 0 N–H and O–H groups in total. The van der Waals surface area contributed by atoms with E-state index in [-0.39, 0.29) is 5.97 Å². The summed E-state index contributed by atoms with van der Waals surface area (Å²) >= 11 is 6.40. The molecule has 0 spiro atoms. The molecule has 0 saturated carbocycles. The maximum atomic E-state index is 13.8. The maximum Gasteiger partial charge on any atom is 0.422 e. The van der Waals surface area contributed by atoms with Gasteiger partial charge in [0.2, 0.25) is 6.29 Å². The van der Waals surface area contributed by atoms with Crippen LogP contribution >= 0.6 is 11.6 Å². The minimum Gasteiger partial charge on any atom is -0.425 e. The van der Waals surface area contributed by atoms with Crippen molar-refractivity contribution in [1.29, 1.82) is 0 Å². The number of ether oxygens (including phenoxy) is 2. The second kappa shape index (κ2) is 20.4. The number of carbonyl (C=O) groups excluding carboxylic acids is 2. The van der Waals surface area contributed by atoms with Crippen molar-refractivity contribution in [3.63, 3.8) is 0 Å². The molecule has 2 aliphatic rings. The molecule has 0 aromatic heterocycles. The van der Waals surface area contributed by atoms with Crippen molar-refractivity contribution in [3.8, 4) is 0 Å². The van der Waals surface area contributed by atoms with Gasteiger partial charge >= 0.3 is 12.1 Å². The van der Waals surface area contributed by atoms with E-state index in [1.807, 2.05) is 24.3 Å². The van der Waals surface area contributed by atoms with Crippen molar-refractivity contribution >= 4 is 46.6 Å². The van der Waals surface area contributed by atoms with E-state index in [1.165, 1.54) is 81.9 Å². The lowest BCUT2D eigenvalue weighted by Gasteiger charge is -2.35. The average molecular weight is 681 g/mol. The highest BCUT2D eigenvalue weighted by Gasteiger charge is 2.32. The molecule has 1 amide bonds. The molecular formula is C39H57ClN4O4. The number of hydrogen-bond acceptors (Lipinski definition) is 7. The number of fused-ring (bicyclic) bond motifs is 2. The summed E-state index contributed by atoms with van der Waals surface area (Å²) in [6, 6.07) is 13.0. The Hall–Kier alpha value is -3.10. The zero-order chi connectivity index (χ0) is 34.1. The Balaban J connectivity index is 1.21. The van der Waals surface area contributed by atoms with Crippen LogP contribution in [0.3, 0.4) is 0 Å². The number of amidine groups is 1. The van der Waals surface area contributed by atoms with Crippen molar-refractivity contribution in [3.05, 3.63) is 53.1 Å². The van der Waals surface area contributed by atoms with Crippen LogP contribution in [0.1, 0.15) is 122 Å². The van der Waals surface area contributed by atoms with Gasteiger partial charge in [0.05, 0.1) is 17.1 Å². The zero-order valence-electron chi connectivity index (χ0n) is 29.6. The first-order chi connectivity index (χ1) is 23.4. The third-order valence-electron chi connectivity index (χ3n) is 9.32. The largest absolute Gasteiger partial charge is 0.425 e. The van der Waals surface area contributed by atoms with Crippen LogP contribution in [0.15, 0.2) is 47.5 Å². The van der Waals surface area contributed by atoms with Gasteiger partial charge in [0.25, 0.3) is 0 Å². The predicted octanol–water partition coefficient (Wildman–Crippen LogP) is 10.4. The number of hydrogen-bond donors (Lipinski definition) is 0. The van der Waals surface area contributed by atoms with Crippen LogP contribution in [0.4, 0.5) is 21.9 Å². The predicted molar refractivity (Wildman–Crippen MR) is 197 cm³/mol. The Morgan fingerprint density at radius 3 is 1.98 bits per heavy atom. The number of unbranched alkanes of at least 4 members (excludes halogenated alkanes) is 14. The SMILES string of the molecule is CCCCCCCCCCCCCCCCCC(=O)OC(C)OC(=O)N1c2ccc(Cl)cc2N=C(N2CCN(C)CC2)c2ccccc21. The van der Waals surface area contributed by atoms with Gasteiger partial charge in [-0.2, -0.15) is 0 Å². The van der Waals surface area contributed by atoms with E-state index in [0.29, 0.717) is 28.5 Å². The van der Waals surface area contributed by atoms with E-state index in [2.05, 4.69) is 23.8 Å². The smallest absolute Gasteiger partial charge is 0.422 e. The van der Waals surface area contributed by atoms with E-state index >= 15 is 0 Å². The van der Waals surface area contributed by atoms with Crippen LogP contribution in [0, 0.1) is 0 Å². The summed E-state index contributed by atoms with van der Waals surface area (Å²) in [7, 11) is 2.11. The number of aliphatic imine (C=N–C) groups is 1. The number of rotatable bonds is 18. The lowest BCUT2D eigenvalue weighted by molar-refractivity contribution is -0.164. The molecule has 2 aromatic rings. The minimum atomic E-state index is -1.04. The first kappa shape index (κ1) is 37.7. The molecule has 1 saturated heterocycles. The van der Waals surface area contributed by atoms with E-state index in [9.17, 15) is 9.59 Å². The molecule has 4 rings (SSSR count). The summed E-state index contributed by atoms with van der Waals surface area (Å²) in [6.45, 7) is 7.31. The van der Waals surface area contributed by atoms with E-state index in [4.69, 9.17) is 26.1 Å². The summed E-state index contributed by atoms with van der Waals surface area (Å²) in [4.78, 5) is 37.5. The highest BCUT2D eigenvalue weighted by Crippen LogP contribution is 2.42. The zero-order valence-corrected chi connectivity index (χ0v) is 30.3. The van der Waals surface area contributed by atoms with Crippen molar-refractivity contribution in [2.45, 2.75) is 123 Å².